The van der Waals surface area contributed by atoms with Crippen molar-refractivity contribution in [3.63, 3.8) is 0 Å². The number of ether oxygens (including phenoxy) is 1. The highest BCUT2D eigenvalue weighted by atomic mass is 16.5. The van der Waals surface area contributed by atoms with E-state index in [1.54, 1.807) is 0 Å². The Morgan fingerprint density at radius 1 is 1.33 bits per heavy atom. The number of nitrogens with two attached hydrogens (primary N) is 1. The Morgan fingerprint density at radius 2 is 2.22 bits per heavy atom. The van der Waals surface area contributed by atoms with Gasteiger partial charge < -0.3 is 15.4 Å². The van der Waals surface area contributed by atoms with Gasteiger partial charge in [0.05, 0.1) is 6.61 Å². The number of hydrogen-bond acceptors (Lipinski definition) is 3. The van der Waals surface area contributed by atoms with E-state index in [2.05, 4.69) is 17.9 Å². The maximum Gasteiger partial charge on any atom is 0.0641 e. The van der Waals surface area contributed by atoms with Gasteiger partial charge in [-0.05, 0) is 37.0 Å². The molecule has 0 spiro atoms. The number of nitrogen functional groups attached to an aromatic ring is 1. The molecule has 0 atom stereocenters. The van der Waals surface area contributed by atoms with Gasteiger partial charge in [-0.2, -0.15) is 0 Å². The standard InChI is InChI=1S/C15H24N2O/c1-2-3-11-18-12-10-17-9-5-6-13-14(16)7-4-8-15(13)17/h4,7-8H,2-3,5-6,9-12,16H2,1H3. The first-order valence-corrected chi connectivity index (χ1v) is 7.03. The van der Waals surface area contributed by atoms with Crippen LogP contribution in [0, 0.1) is 0 Å². The molecule has 1 heterocycles. The molecule has 0 saturated carbocycles. The first-order chi connectivity index (χ1) is 8.83. The van der Waals surface area contributed by atoms with Gasteiger partial charge in [0.1, 0.15) is 0 Å². The molecule has 0 fully saturated rings. The Labute approximate surface area is 110 Å². The Morgan fingerprint density at radius 3 is 3.06 bits per heavy atom. The van der Waals surface area contributed by atoms with Crippen LogP contribution in [0.3, 0.4) is 0 Å². The molecule has 0 radical (unpaired) electrons. The van der Waals surface area contributed by atoms with E-state index in [9.17, 15) is 0 Å². The van der Waals surface area contributed by atoms with Crippen molar-refractivity contribution >= 4 is 11.4 Å². The van der Waals surface area contributed by atoms with Crippen LogP contribution in [0.2, 0.25) is 0 Å². The van der Waals surface area contributed by atoms with Crippen LogP contribution in [-0.2, 0) is 11.2 Å². The van der Waals surface area contributed by atoms with Crippen molar-refractivity contribution in [1.82, 2.24) is 0 Å². The highest BCUT2D eigenvalue weighted by Crippen LogP contribution is 2.30. The highest BCUT2D eigenvalue weighted by molar-refractivity contribution is 5.66. The minimum atomic E-state index is 0.814. The summed E-state index contributed by atoms with van der Waals surface area (Å²) in [5.41, 5.74) is 9.60. The van der Waals surface area contributed by atoms with E-state index >= 15 is 0 Å². The molecule has 0 bridgehead atoms. The first kappa shape index (κ1) is 13.2. The van der Waals surface area contributed by atoms with Crippen LogP contribution in [0.1, 0.15) is 31.7 Å². The highest BCUT2D eigenvalue weighted by Gasteiger charge is 2.17. The van der Waals surface area contributed by atoms with Gasteiger partial charge in [-0.1, -0.05) is 19.4 Å². The van der Waals surface area contributed by atoms with Gasteiger partial charge in [0.25, 0.3) is 0 Å². The van der Waals surface area contributed by atoms with Crippen LogP contribution in [-0.4, -0.2) is 26.3 Å². The fraction of sp³-hybridized carbons (Fsp3) is 0.600. The quantitative estimate of drug-likeness (QED) is 0.621. The first-order valence-electron chi connectivity index (χ1n) is 7.03. The number of rotatable bonds is 6. The monoisotopic (exact) mass is 248 g/mol. The van der Waals surface area contributed by atoms with Crippen molar-refractivity contribution in [3.05, 3.63) is 23.8 Å². The van der Waals surface area contributed by atoms with Crippen LogP contribution < -0.4 is 10.6 Å². The summed E-state index contributed by atoms with van der Waals surface area (Å²) in [6.45, 7) is 5.98. The fourth-order valence-electron chi connectivity index (χ4n) is 2.48. The van der Waals surface area contributed by atoms with Gasteiger partial charge in [0.2, 0.25) is 0 Å². The van der Waals surface area contributed by atoms with Gasteiger partial charge in [-0.3, -0.25) is 0 Å². The zero-order chi connectivity index (χ0) is 12.8. The van der Waals surface area contributed by atoms with Gasteiger partial charge in [0.15, 0.2) is 0 Å². The van der Waals surface area contributed by atoms with Crippen LogP contribution in [0.25, 0.3) is 0 Å². The van der Waals surface area contributed by atoms with Crippen molar-refractivity contribution in [1.29, 1.82) is 0 Å². The summed E-state index contributed by atoms with van der Waals surface area (Å²) in [4.78, 5) is 2.40. The third-order valence-electron chi connectivity index (χ3n) is 3.53. The van der Waals surface area contributed by atoms with E-state index in [4.69, 9.17) is 10.5 Å². The predicted octanol–water partition coefficient (Wildman–Crippen LogP) is 2.84. The molecular weight excluding hydrogens is 224 g/mol. The molecule has 0 aromatic heterocycles. The maximum atomic E-state index is 6.04. The van der Waals surface area contributed by atoms with Gasteiger partial charge >= 0.3 is 0 Å². The molecule has 1 aromatic carbocycles. The number of benzene rings is 1. The Bertz CT molecular complexity index is 379. The van der Waals surface area contributed by atoms with Crippen LogP contribution in [0.15, 0.2) is 18.2 Å². The SMILES string of the molecule is CCCCOCCN1CCCc2c(N)cccc21. The third kappa shape index (κ3) is 3.16. The second kappa shape index (κ2) is 6.64. The zero-order valence-corrected chi connectivity index (χ0v) is 11.3. The summed E-state index contributed by atoms with van der Waals surface area (Å²) in [5.74, 6) is 0. The lowest BCUT2D eigenvalue weighted by atomic mass is 10.00. The van der Waals surface area contributed by atoms with Gasteiger partial charge in [0, 0.05) is 31.1 Å². The lowest BCUT2D eigenvalue weighted by Gasteiger charge is -2.31. The maximum absolute atomic E-state index is 6.04. The predicted molar refractivity (Wildman–Crippen MR) is 77.1 cm³/mol. The molecular formula is C15H24N2O. The topological polar surface area (TPSA) is 38.5 Å². The second-order valence-electron chi connectivity index (χ2n) is 4.90. The van der Waals surface area contributed by atoms with Crippen LogP contribution >= 0.6 is 0 Å². The summed E-state index contributed by atoms with van der Waals surface area (Å²) in [5, 5.41) is 0. The average molecular weight is 248 g/mol. The zero-order valence-electron chi connectivity index (χ0n) is 11.3. The normalized spacial score (nSPS) is 14.6. The van der Waals surface area contributed by atoms with Crippen LogP contribution in [0.4, 0.5) is 11.4 Å². The molecule has 2 N–H and O–H groups in total. The van der Waals surface area contributed by atoms with Crippen LogP contribution in [0.5, 0.6) is 0 Å². The molecule has 0 saturated heterocycles. The van der Waals surface area contributed by atoms with E-state index < -0.39 is 0 Å². The molecule has 18 heavy (non-hydrogen) atoms. The molecule has 0 amide bonds. The average Bonchev–Trinajstić information content (AvgIpc) is 2.39. The molecule has 3 heteroatoms. The van der Waals surface area contributed by atoms with Crippen molar-refractivity contribution in [2.24, 2.45) is 0 Å². The number of fused-ring (bicyclic) bond motifs is 1. The summed E-state index contributed by atoms with van der Waals surface area (Å²) < 4.78 is 5.65. The van der Waals surface area contributed by atoms with E-state index in [1.165, 1.54) is 24.1 Å². The minimum absolute atomic E-state index is 0.814. The van der Waals surface area contributed by atoms with Crippen molar-refractivity contribution in [2.45, 2.75) is 32.6 Å². The largest absolute Gasteiger partial charge is 0.398 e. The molecule has 1 aliphatic heterocycles. The molecule has 1 aromatic rings. The van der Waals surface area contributed by atoms with Crippen molar-refractivity contribution < 1.29 is 4.74 Å². The van der Waals surface area contributed by atoms with Gasteiger partial charge in [-0.25, -0.2) is 0 Å². The van der Waals surface area contributed by atoms with Crippen molar-refractivity contribution in [3.8, 4) is 0 Å². The summed E-state index contributed by atoms with van der Waals surface area (Å²) in [6, 6.07) is 6.22. The van der Waals surface area contributed by atoms with Crippen molar-refractivity contribution in [2.75, 3.05) is 36.9 Å². The molecule has 100 valence electrons. The number of anilines is 2. The second-order valence-corrected chi connectivity index (χ2v) is 4.90. The molecule has 0 aliphatic carbocycles. The fourth-order valence-corrected chi connectivity index (χ4v) is 2.48. The van der Waals surface area contributed by atoms with E-state index in [1.807, 2.05) is 12.1 Å². The minimum Gasteiger partial charge on any atom is -0.398 e. The van der Waals surface area contributed by atoms with E-state index in [0.29, 0.717) is 0 Å². The Kier molecular flexibility index (Phi) is 4.88. The third-order valence-corrected chi connectivity index (χ3v) is 3.53. The molecule has 0 unspecified atom stereocenters. The Balaban J connectivity index is 1.90. The molecule has 2 rings (SSSR count). The van der Waals surface area contributed by atoms with Gasteiger partial charge in [-0.15, -0.1) is 0 Å². The molecule has 3 nitrogen and oxygen atoms in total. The molecule has 1 aliphatic rings. The summed E-state index contributed by atoms with van der Waals surface area (Å²) >= 11 is 0. The van der Waals surface area contributed by atoms with E-state index in [0.717, 1.165) is 44.8 Å². The lowest BCUT2D eigenvalue weighted by Crippen LogP contribution is -2.32. The Hall–Kier alpha value is -1.22. The number of hydrogen-bond donors (Lipinski definition) is 1. The lowest BCUT2D eigenvalue weighted by molar-refractivity contribution is 0.137. The summed E-state index contributed by atoms with van der Waals surface area (Å²) in [7, 11) is 0. The smallest absolute Gasteiger partial charge is 0.0641 e. The number of nitrogens with zero attached hydrogens (tertiary/aromatic N) is 1. The number of unbranched alkanes of at least 4 members (excludes halogenated alkanes) is 1. The summed E-state index contributed by atoms with van der Waals surface area (Å²) in [6.07, 6.45) is 4.65. The van der Waals surface area contributed by atoms with E-state index in [-0.39, 0.29) is 0 Å².